The van der Waals surface area contributed by atoms with Gasteiger partial charge in [0.25, 0.3) is 5.92 Å². The van der Waals surface area contributed by atoms with Gasteiger partial charge < -0.3 is 19.7 Å². The predicted molar refractivity (Wildman–Crippen MR) is 112 cm³/mol. The Balaban J connectivity index is 1.37. The lowest BCUT2D eigenvalue weighted by Gasteiger charge is -2.37. The fourth-order valence-electron chi connectivity index (χ4n) is 4.68. The highest BCUT2D eigenvalue weighted by Gasteiger charge is 2.57. The van der Waals surface area contributed by atoms with Crippen molar-refractivity contribution < 1.29 is 18.6 Å². The summed E-state index contributed by atoms with van der Waals surface area (Å²) in [6, 6.07) is 3.74. The van der Waals surface area contributed by atoms with E-state index in [9.17, 15) is 13.9 Å². The number of hydrogen-bond donors (Lipinski definition) is 2. The summed E-state index contributed by atoms with van der Waals surface area (Å²) >= 11 is 0. The molecule has 32 heavy (non-hydrogen) atoms. The first-order valence-corrected chi connectivity index (χ1v) is 10.2. The Morgan fingerprint density at radius 1 is 1.34 bits per heavy atom. The maximum absolute atomic E-state index is 14.2. The second-order valence-electron chi connectivity index (χ2n) is 8.20. The van der Waals surface area contributed by atoms with Gasteiger partial charge in [-0.2, -0.15) is 0 Å². The van der Waals surface area contributed by atoms with Crippen LogP contribution in [0.15, 0.2) is 49.7 Å². The van der Waals surface area contributed by atoms with Gasteiger partial charge in [0.15, 0.2) is 5.82 Å². The molecule has 2 aliphatic rings. The number of methoxy groups -OCH3 is 1. The third-order valence-electron chi connectivity index (χ3n) is 6.34. The van der Waals surface area contributed by atoms with Crippen molar-refractivity contribution in [2.75, 3.05) is 7.11 Å². The summed E-state index contributed by atoms with van der Waals surface area (Å²) in [5.41, 5.74) is 2.15. The van der Waals surface area contributed by atoms with Crippen LogP contribution in [0.4, 0.5) is 8.78 Å². The standard InChI is InChI=1S/C22H22F2N6O2/c1-12(15-8-19-22(23,24)9-16(27-19)20(15)32-2)17-10-26-21(29-28-17)14-4-3-13(7-18(14)31)30-6-5-25-11-30/h3-7,10-11,15-16,19-20,27,31H,1,8-9H2,2H3/t15-,16?,19?,20-/m1/s1. The summed E-state index contributed by atoms with van der Waals surface area (Å²) < 4.78 is 35.8. The SMILES string of the molecule is C=C(c1cnc(-c2ccc(-n3ccnc3)cc2O)nn1)[C@H]1CC2NC(CC2(F)F)[C@@H]1OC. The summed E-state index contributed by atoms with van der Waals surface area (Å²) in [6.07, 6.45) is 6.05. The molecule has 0 radical (unpaired) electrons. The zero-order valence-corrected chi connectivity index (χ0v) is 17.3. The van der Waals surface area contributed by atoms with E-state index in [1.807, 2.05) is 0 Å². The van der Waals surface area contributed by atoms with Crippen LogP contribution < -0.4 is 5.32 Å². The molecule has 3 aromatic rings. The summed E-state index contributed by atoms with van der Waals surface area (Å²) in [5.74, 6) is -2.85. The number of aromatic nitrogens is 5. The molecule has 2 fully saturated rings. The number of piperidine rings is 1. The van der Waals surface area contributed by atoms with Gasteiger partial charge in [0.1, 0.15) is 11.4 Å². The van der Waals surface area contributed by atoms with E-state index in [0.717, 1.165) is 5.69 Å². The molecule has 0 amide bonds. The highest BCUT2D eigenvalue weighted by molar-refractivity contribution is 5.67. The van der Waals surface area contributed by atoms with Crippen LogP contribution in [0.5, 0.6) is 5.75 Å². The topological polar surface area (TPSA) is 98.0 Å². The molecule has 10 heteroatoms. The number of benzene rings is 1. The van der Waals surface area contributed by atoms with Gasteiger partial charge in [-0.1, -0.05) is 6.58 Å². The number of fused-ring (bicyclic) bond motifs is 2. The summed E-state index contributed by atoms with van der Waals surface area (Å²) in [5, 5.41) is 21.8. The quantitative estimate of drug-likeness (QED) is 0.630. The second-order valence-corrected chi connectivity index (χ2v) is 8.20. The molecule has 5 rings (SSSR count). The van der Waals surface area contributed by atoms with Crippen LogP contribution in [0.25, 0.3) is 22.6 Å². The van der Waals surface area contributed by atoms with Gasteiger partial charge in [-0.3, -0.25) is 0 Å². The Morgan fingerprint density at radius 2 is 2.19 bits per heavy atom. The van der Waals surface area contributed by atoms with E-state index in [-0.39, 0.29) is 30.3 Å². The highest BCUT2D eigenvalue weighted by Crippen LogP contribution is 2.45. The van der Waals surface area contributed by atoms with Gasteiger partial charge >= 0.3 is 0 Å². The third-order valence-corrected chi connectivity index (χ3v) is 6.34. The highest BCUT2D eigenvalue weighted by atomic mass is 19.3. The van der Waals surface area contributed by atoms with E-state index < -0.39 is 24.1 Å². The number of phenolic OH excluding ortho intramolecular Hbond substituents is 1. The van der Waals surface area contributed by atoms with E-state index in [1.165, 1.54) is 13.3 Å². The van der Waals surface area contributed by atoms with Gasteiger partial charge in [0.05, 0.1) is 35.9 Å². The molecule has 166 valence electrons. The fraction of sp³-hybridized carbons (Fsp3) is 0.364. The number of nitrogens with zero attached hydrogens (tertiary/aromatic N) is 5. The Bertz CT molecular complexity index is 1140. The van der Waals surface area contributed by atoms with Gasteiger partial charge in [0.2, 0.25) is 0 Å². The smallest absolute Gasteiger partial charge is 0.264 e. The predicted octanol–water partition coefficient (Wildman–Crippen LogP) is 2.84. The number of nitrogens with one attached hydrogen (secondary N) is 1. The number of halogens is 2. The molecule has 2 aliphatic heterocycles. The Hall–Kier alpha value is -3.24. The van der Waals surface area contributed by atoms with Crippen LogP contribution in [-0.2, 0) is 4.74 Å². The first-order chi connectivity index (χ1) is 15.4. The van der Waals surface area contributed by atoms with Crippen molar-refractivity contribution in [1.82, 2.24) is 30.0 Å². The maximum Gasteiger partial charge on any atom is 0.264 e. The molecule has 8 nitrogen and oxygen atoms in total. The fourth-order valence-corrected chi connectivity index (χ4v) is 4.68. The molecule has 2 N–H and O–H groups in total. The van der Waals surface area contributed by atoms with Gasteiger partial charge in [-0.15, -0.1) is 10.2 Å². The van der Waals surface area contributed by atoms with Crippen LogP contribution in [0, 0.1) is 5.92 Å². The van der Waals surface area contributed by atoms with E-state index in [0.29, 0.717) is 16.8 Å². The minimum Gasteiger partial charge on any atom is -0.507 e. The molecule has 2 unspecified atom stereocenters. The normalized spacial score (nSPS) is 26.2. The van der Waals surface area contributed by atoms with E-state index in [2.05, 4.69) is 32.1 Å². The van der Waals surface area contributed by atoms with Crippen molar-refractivity contribution in [3.8, 4) is 22.8 Å². The lowest BCUT2D eigenvalue weighted by atomic mass is 9.82. The maximum atomic E-state index is 14.2. The third kappa shape index (κ3) is 3.45. The van der Waals surface area contributed by atoms with Crippen molar-refractivity contribution >= 4 is 5.57 Å². The van der Waals surface area contributed by atoms with Crippen molar-refractivity contribution in [2.24, 2.45) is 5.92 Å². The van der Waals surface area contributed by atoms with E-state index in [1.54, 1.807) is 41.5 Å². The van der Waals surface area contributed by atoms with Gasteiger partial charge in [-0.05, 0) is 24.1 Å². The number of alkyl halides is 2. The first-order valence-electron chi connectivity index (χ1n) is 10.2. The molecule has 2 bridgehead atoms. The van der Waals surface area contributed by atoms with E-state index >= 15 is 0 Å². The Kier molecular flexibility index (Phi) is 4.98. The number of imidazole rings is 1. The number of aromatic hydroxyl groups is 1. The average Bonchev–Trinajstić information content (AvgIpc) is 3.40. The molecule has 2 aromatic heterocycles. The largest absolute Gasteiger partial charge is 0.507 e. The summed E-state index contributed by atoms with van der Waals surface area (Å²) in [7, 11) is 1.52. The monoisotopic (exact) mass is 440 g/mol. The van der Waals surface area contributed by atoms with Gasteiger partial charge in [0, 0.05) is 44.0 Å². The molecule has 0 saturated carbocycles. The summed E-state index contributed by atoms with van der Waals surface area (Å²) in [6.45, 7) is 4.10. The lowest BCUT2D eigenvalue weighted by molar-refractivity contribution is -0.0153. The lowest BCUT2D eigenvalue weighted by Crippen LogP contribution is -2.51. The van der Waals surface area contributed by atoms with Crippen LogP contribution >= 0.6 is 0 Å². The van der Waals surface area contributed by atoms with Crippen LogP contribution in [-0.4, -0.2) is 61.1 Å². The van der Waals surface area contributed by atoms with Crippen molar-refractivity contribution in [3.05, 3.63) is 55.4 Å². The number of rotatable bonds is 5. The summed E-state index contributed by atoms with van der Waals surface area (Å²) in [4.78, 5) is 8.32. The van der Waals surface area contributed by atoms with Crippen LogP contribution in [0.3, 0.4) is 0 Å². The van der Waals surface area contributed by atoms with Crippen molar-refractivity contribution in [2.45, 2.75) is 37.0 Å². The molecular weight excluding hydrogens is 418 g/mol. The Labute approximate surface area is 183 Å². The second kappa shape index (κ2) is 7.72. The average molecular weight is 440 g/mol. The first kappa shape index (κ1) is 20.7. The van der Waals surface area contributed by atoms with Crippen molar-refractivity contribution in [1.29, 1.82) is 0 Å². The molecule has 4 heterocycles. The van der Waals surface area contributed by atoms with E-state index in [4.69, 9.17) is 4.74 Å². The Morgan fingerprint density at radius 3 is 2.84 bits per heavy atom. The molecule has 0 aliphatic carbocycles. The molecule has 0 spiro atoms. The molecule has 2 saturated heterocycles. The number of phenols is 1. The molecule has 1 aromatic carbocycles. The minimum absolute atomic E-state index is 0.00110. The minimum atomic E-state index is -2.77. The van der Waals surface area contributed by atoms with Gasteiger partial charge in [-0.25, -0.2) is 18.7 Å². The van der Waals surface area contributed by atoms with Crippen LogP contribution in [0.1, 0.15) is 18.5 Å². The number of hydrogen-bond acceptors (Lipinski definition) is 7. The molecular formula is C22H22F2N6O2. The zero-order valence-electron chi connectivity index (χ0n) is 17.3. The zero-order chi connectivity index (χ0) is 22.5. The number of ether oxygens (including phenoxy) is 1. The van der Waals surface area contributed by atoms with Crippen molar-refractivity contribution in [3.63, 3.8) is 0 Å². The van der Waals surface area contributed by atoms with Crippen LogP contribution in [0.2, 0.25) is 0 Å². The molecule has 4 atom stereocenters.